The van der Waals surface area contributed by atoms with E-state index in [0.29, 0.717) is 0 Å². The second-order valence-corrected chi connectivity index (χ2v) is 6.41. The van der Waals surface area contributed by atoms with E-state index in [9.17, 15) is 14.4 Å². The minimum Gasteiger partial charge on any atom is -0.464 e. The van der Waals surface area contributed by atoms with Gasteiger partial charge in [0.1, 0.15) is 6.04 Å². The van der Waals surface area contributed by atoms with Gasteiger partial charge in [0.15, 0.2) is 0 Å². The molecule has 1 aromatic heterocycles. The maximum Gasteiger partial charge on any atom is 0.328 e. The van der Waals surface area contributed by atoms with E-state index in [2.05, 4.69) is 5.32 Å². The quantitative estimate of drug-likeness (QED) is 0.546. The summed E-state index contributed by atoms with van der Waals surface area (Å²) in [5.41, 5.74) is 12.8. The number of carbonyl (C=O) groups excluding carboxylic acids is 3. The van der Waals surface area contributed by atoms with Crippen LogP contribution in [0.3, 0.4) is 0 Å². The van der Waals surface area contributed by atoms with Crippen molar-refractivity contribution >= 4 is 28.7 Å². The normalized spacial score (nSPS) is 13.1. The van der Waals surface area contributed by atoms with Crippen molar-refractivity contribution in [1.82, 2.24) is 9.88 Å². The highest BCUT2D eigenvalue weighted by Crippen LogP contribution is 2.21. The number of hydrogen-bond donors (Lipinski definition) is 3. The monoisotopic (exact) mass is 374 g/mol. The smallest absolute Gasteiger partial charge is 0.328 e. The number of esters is 1. The largest absolute Gasteiger partial charge is 0.464 e. The molecule has 2 rings (SSSR count). The van der Waals surface area contributed by atoms with Crippen LogP contribution in [0.2, 0.25) is 0 Å². The Morgan fingerprint density at radius 2 is 1.96 bits per heavy atom. The van der Waals surface area contributed by atoms with Crippen LogP contribution in [0.25, 0.3) is 10.9 Å². The van der Waals surface area contributed by atoms with E-state index in [0.717, 1.165) is 16.5 Å². The lowest BCUT2D eigenvalue weighted by Crippen LogP contribution is -2.50. The Kier molecular flexibility index (Phi) is 6.95. The number of amides is 2. The number of ether oxygens (including phenoxy) is 1. The lowest BCUT2D eigenvalue weighted by molar-refractivity contribution is -0.147. The van der Waals surface area contributed by atoms with Crippen molar-refractivity contribution in [2.75, 3.05) is 6.61 Å². The minimum absolute atomic E-state index is 0.00197. The summed E-state index contributed by atoms with van der Waals surface area (Å²) in [6, 6.07) is 6.01. The Morgan fingerprint density at radius 3 is 2.63 bits per heavy atom. The van der Waals surface area contributed by atoms with Crippen LogP contribution in [-0.2, 0) is 32.6 Å². The number of aromatic nitrogens is 1. The summed E-state index contributed by atoms with van der Waals surface area (Å²) in [4.78, 5) is 35.6. The SMILES string of the molecule is CCOC(=O)[C@@H](Cc1cn(C)c2ccccc12)NC(=O)C(N)CCC(N)=O. The molecule has 0 saturated heterocycles. The first-order valence-corrected chi connectivity index (χ1v) is 8.87. The van der Waals surface area contributed by atoms with Crippen LogP contribution in [0, 0.1) is 0 Å². The highest BCUT2D eigenvalue weighted by atomic mass is 16.5. The lowest BCUT2D eigenvalue weighted by atomic mass is 10.0. The molecule has 1 aromatic carbocycles. The Hall–Kier alpha value is -2.87. The van der Waals surface area contributed by atoms with Crippen molar-refractivity contribution in [1.29, 1.82) is 0 Å². The molecule has 0 spiro atoms. The predicted molar refractivity (Wildman–Crippen MR) is 102 cm³/mol. The Balaban J connectivity index is 2.17. The number of para-hydroxylation sites is 1. The first-order chi connectivity index (χ1) is 12.8. The van der Waals surface area contributed by atoms with Crippen LogP contribution in [0.1, 0.15) is 25.3 Å². The number of hydrogen-bond acceptors (Lipinski definition) is 5. The van der Waals surface area contributed by atoms with Crippen molar-refractivity contribution in [3.05, 3.63) is 36.0 Å². The average Bonchev–Trinajstić information content (AvgIpc) is 2.95. The molecule has 0 radical (unpaired) electrons. The average molecular weight is 374 g/mol. The van der Waals surface area contributed by atoms with Crippen LogP contribution in [0.4, 0.5) is 0 Å². The predicted octanol–water partition coefficient (Wildman–Crippen LogP) is 0.362. The van der Waals surface area contributed by atoms with Crippen LogP contribution in [-0.4, -0.2) is 41.0 Å². The molecule has 27 heavy (non-hydrogen) atoms. The topological polar surface area (TPSA) is 129 Å². The van der Waals surface area contributed by atoms with Gasteiger partial charge in [-0.15, -0.1) is 0 Å². The van der Waals surface area contributed by atoms with Gasteiger partial charge < -0.3 is 26.1 Å². The minimum atomic E-state index is -0.929. The first kappa shape index (κ1) is 20.4. The van der Waals surface area contributed by atoms with Gasteiger partial charge in [-0.1, -0.05) is 18.2 Å². The van der Waals surface area contributed by atoms with Gasteiger partial charge in [-0.2, -0.15) is 0 Å². The number of nitrogens with zero attached hydrogens (tertiary/aromatic N) is 1. The molecule has 5 N–H and O–H groups in total. The molecule has 8 heteroatoms. The third kappa shape index (κ3) is 5.30. The molecule has 8 nitrogen and oxygen atoms in total. The summed E-state index contributed by atoms with van der Waals surface area (Å²) in [7, 11) is 1.92. The Bertz CT molecular complexity index is 830. The molecule has 0 aliphatic rings. The van der Waals surface area contributed by atoms with Gasteiger partial charge in [-0.25, -0.2) is 4.79 Å². The Labute approximate surface area is 157 Å². The van der Waals surface area contributed by atoms with Crippen molar-refractivity contribution in [2.24, 2.45) is 18.5 Å². The number of carbonyl (C=O) groups is 3. The number of primary amides is 1. The Morgan fingerprint density at radius 1 is 1.26 bits per heavy atom. The number of nitrogens with one attached hydrogen (secondary N) is 1. The van der Waals surface area contributed by atoms with Gasteiger partial charge in [0.25, 0.3) is 0 Å². The highest BCUT2D eigenvalue weighted by Gasteiger charge is 2.26. The van der Waals surface area contributed by atoms with E-state index >= 15 is 0 Å². The number of benzene rings is 1. The third-order valence-corrected chi connectivity index (χ3v) is 4.33. The number of aryl methyl sites for hydroxylation is 1. The second kappa shape index (κ2) is 9.18. The number of nitrogens with two attached hydrogens (primary N) is 2. The van der Waals surface area contributed by atoms with Crippen LogP contribution < -0.4 is 16.8 Å². The molecule has 2 aromatic rings. The van der Waals surface area contributed by atoms with Gasteiger partial charge in [-0.3, -0.25) is 9.59 Å². The zero-order valence-electron chi connectivity index (χ0n) is 15.6. The van der Waals surface area contributed by atoms with Gasteiger partial charge >= 0.3 is 5.97 Å². The fourth-order valence-corrected chi connectivity index (χ4v) is 2.95. The molecule has 0 fully saturated rings. The van der Waals surface area contributed by atoms with E-state index in [4.69, 9.17) is 16.2 Å². The molecular weight excluding hydrogens is 348 g/mol. The molecular formula is C19H26N4O4. The van der Waals surface area contributed by atoms with E-state index in [1.54, 1.807) is 6.92 Å². The van der Waals surface area contributed by atoms with E-state index in [-0.39, 0.29) is 25.9 Å². The van der Waals surface area contributed by atoms with Gasteiger partial charge in [0.2, 0.25) is 11.8 Å². The number of rotatable bonds is 9. The zero-order chi connectivity index (χ0) is 20.0. The maximum atomic E-state index is 12.4. The molecule has 1 heterocycles. The van der Waals surface area contributed by atoms with Crippen LogP contribution in [0.5, 0.6) is 0 Å². The standard InChI is InChI=1S/C19H26N4O4/c1-3-27-19(26)15(22-18(25)14(20)8-9-17(21)24)10-12-11-23(2)16-7-5-4-6-13(12)16/h4-7,11,14-15H,3,8-10,20H2,1-2H3,(H2,21,24)(H,22,25)/t14?,15-/m1/s1. The van der Waals surface area contributed by atoms with Crippen LogP contribution in [0.15, 0.2) is 30.5 Å². The van der Waals surface area contributed by atoms with Crippen molar-refractivity contribution in [3.8, 4) is 0 Å². The van der Waals surface area contributed by atoms with Crippen molar-refractivity contribution in [2.45, 2.75) is 38.3 Å². The van der Waals surface area contributed by atoms with E-state index in [1.807, 2.05) is 42.1 Å². The lowest BCUT2D eigenvalue weighted by Gasteiger charge is -2.19. The summed E-state index contributed by atoms with van der Waals surface area (Å²) in [5.74, 6) is -1.58. The molecule has 0 aliphatic heterocycles. The summed E-state index contributed by atoms with van der Waals surface area (Å²) in [5, 5.41) is 3.65. The third-order valence-electron chi connectivity index (χ3n) is 4.33. The summed E-state index contributed by atoms with van der Waals surface area (Å²) in [6.07, 6.45) is 2.32. The van der Waals surface area contributed by atoms with E-state index in [1.165, 1.54) is 0 Å². The molecule has 2 atom stereocenters. The molecule has 1 unspecified atom stereocenters. The summed E-state index contributed by atoms with van der Waals surface area (Å²) < 4.78 is 7.06. The van der Waals surface area contributed by atoms with Gasteiger partial charge in [0.05, 0.1) is 12.6 Å². The molecule has 2 amide bonds. The van der Waals surface area contributed by atoms with Crippen molar-refractivity contribution in [3.63, 3.8) is 0 Å². The molecule has 146 valence electrons. The fourth-order valence-electron chi connectivity index (χ4n) is 2.95. The molecule has 0 bridgehead atoms. The highest BCUT2D eigenvalue weighted by molar-refractivity contribution is 5.89. The van der Waals surface area contributed by atoms with Crippen molar-refractivity contribution < 1.29 is 19.1 Å². The summed E-state index contributed by atoms with van der Waals surface area (Å²) >= 11 is 0. The van der Waals surface area contributed by atoms with E-state index < -0.39 is 29.9 Å². The zero-order valence-corrected chi connectivity index (χ0v) is 15.6. The second-order valence-electron chi connectivity index (χ2n) is 6.41. The number of fused-ring (bicyclic) bond motifs is 1. The fraction of sp³-hybridized carbons (Fsp3) is 0.421. The molecule has 0 saturated carbocycles. The van der Waals surface area contributed by atoms with Crippen LogP contribution >= 0.6 is 0 Å². The van der Waals surface area contributed by atoms with Gasteiger partial charge in [-0.05, 0) is 25.0 Å². The summed E-state index contributed by atoms with van der Waals surface area (Å²) in [6.45, 7) is 1.90. The maximum absolute atomic E-state index is 12.4. The molecule has 0 aliphatic carbocycles. The first-order valence-electron chi connectivity index (χ1n) is 8.87. The van der Waals surface area contributed by atoms with Gasteiger partial charge in [0, 0.05) is 37.0 Å².